The summed E-state index contributed by atoms with van der Waals surface area (Å²) in [7, 11) is 1.99. The fourth-order valence-electron chi connectivity index (χ4n) is 1.71. The molecule has 2 aromatic rings. The zero-order chi connectivity index (χ0) is 11.4. The summed E-state index contributed by atoms with van der Waals surface area (Å²) in [5.74, 6) is 0. The Kier molecular flexibility index (Phi) is 3.18. The molecule has 0 aliphatic heterocycles. The fourth-order valence-corrected chi connectivity index (χ4v) is 1.71. The average molecular weight is 214 g/mol. The van der Waals surface area contributed by atoms with Crippen molar-refractivity contribution in [1.82, 2.24) is 14.9 Å². The number of aryl methyl sites for hydroxylation is 1. The second-order valence-electron chi connectivity index (χ2n) is 3.76. The molecule has 16 heavy (non-hydrogen) atoms. The normalized spacial score (nSPS) is 10.5. The predicted molar refractivity (Wildman–Crippen MR) is 62.9 cm³/mol. The standard InChI is InChI=1S/C12H14N4/c1-16-9-15-11-8-10(2-3-12(11)16)4-6-14-7-5-13/h2-3,8-9,14H,4,6-7H2,1H3. The number of fused-ring (bicyclic) bond motifs is 1. The Morgan fingerprint density at radius 1 is 1.50 bits per heavy atom. The van der Waals surface area contributed by atoms with E-state index in [4.69, 9.17) is 5.26 Å². The van der Waals surface area contributed by atoms with E-state index in [2.05, 4.69) is 34.6 Å². The van der Waals surface area contributed by atoms with Crippen LogP contribution in [0.2, 0.25) is 0 Å². The minimum absolute atomic E-state index is 0.409. The van der Waals surface area contributed by atoms with Crippen molar-refractivity contribution >= 4 is 11.0 Å². The summed E-state index contributed by atoms with van der Waals surface area (Å²) < 4.78 is 2.01. The number of nitrogens with zero attached hydrogens (tertiary/aromatic N) is 3. The number of hydrogen-bond acceptors (Lipinski definition) is 3. The first-order valence-electron chi connectivity index (χ1n) is 5.29. The van der Waals surface area contributed by atoms with Gasteiger partial charge < -0.3 is 9.88 Å². The maximum atomic E-state index is 8.38. The zero-order valence-electron chi connectivity index (χ0n) is 9.27. The molecule has 1 heterocycles. The van der Waals surface area contributed by atoms with E-state index in [0.29, 0.717) is 6.54 Å². The van der Waals surface area contributed by atoms with Crippen LogP contribution < -0.4 is 5.32 Å². The molecule has 0 radical (unpaired) electrons. The molecule has 0 bridgehead atoms. The van der Waals surface area contributed by atoms with Gasteiger partial charge in [-0.05, 0) is 24.1 Å². The number of aromatic nitrogens is 2. The van der Waals surface area contributed by atoms with Crippen LogP contribution in [0.1, 0.15) is 5.56 Å². The summed E-state index contributed by atoms with van der Waals surface area (Å²) >= 11 is 0. The Labute approximate surface area is 94.5 Å². The first-order valence-corrected chi connectivity index (χ1v) is 5.29. The van der Waals surface area contributed by atoms with E-state index < -0.39 is 0 Å². The Hall–Kier alpha value is -1.86. The maximum Gasteiger partial charge on any atom is 0.0955 e. The number of nitriles is 1. The molecular weight excluding hydrogens is 200 g/mol. The molecule has 0 unspecified atom stereocenters. The Balaban J connectivity index is 2.06. The van der Waals surface area contributed by atoms with Gasteiger partial charge in [0, 0.05) is 13.6 Å². The van der Waals surface area contributed by atoms with Gasteiger partial charge in [-0.3, -0.25) is 0 Å². The minimum Gasteiger partial charge on any atom is -0.334 e. The highest BCUT2D eigenvalue weighted by molar-refractivity contribution is 5.75. The summed E-state index contributed by atoms with van der Waals surface area (Å²) in [4.78, 5) is 4.31. The highest BCUT2D eigenvalue weighted by atomic mass is 15.0. The Morgan fingerprint density at radius 2 is 2.38 bits per heavy atom. The lowest BCUT2D eigenvalue weighted by molar-refractivity contribution is 0.750. The molecular formula is C12H14N4. The van der Waals surface area contributed by atoms with Crippen LogP contribution in [0, 0.1) is 11.3 Å². The SMILES string of the molecule is Cn1cnc2cc(CCNCC#N)ccc21. The van der Waals surface area contributed by atoms with Gasteiger partial charge in [0.2, 0.25) is 0 Å². The first-order chi connectivity index (χ1) is 7.81. The van der Waals surface area contributed by atoms with Crippen molar-refractivity contribution in [2.75, 3.05) is 13.1 Å². The van der Waals surface area contributed by atoms with Crippen LogP contribution >= 0.6 is 0 Å². The van der Waals surface area contributed by atoms with Gasteiger partial charge in [0.05, 0.1) is 30.0 Å². The summed E-state index contributed by atoms with van der Waals surface area (Å²) in [6.07, 6.45) is 2.75. The summed E-state index contributed by atoms with van der Waals surface area (Å²) in [5.41, 5.74) is 3.42. The topological polar surface area (TPSA) is 53.6 Å². The number of nitrogens with one attached hydrogen (secondary N) is 1. The van der Waals surface area contributed by atoms with Crippen LogP contribution in [-0.2, 0) is 13.5 Å². The molecule has 0 aliphatic carbocycles. The lowest BCUT2D eigenvalue weighted by Gasteiger charge is -2.02. The molecule has 4 nitrogen and oxygen atoms in total. The van der Waals surface area contributed by atoms with Gasteiger partial charge in [0.1, 0.15) is 0 Å². The highest BCUT2D eigenvalue weighted by Gasteiger charge is 2.00. The molecule has 0 aliphatic rings. The molecule has 1 aromatic heterocycles. The Bertz CT molecular complexity index is 521. The summed E-state index contributed by atoms with van der Waals surface area (Å²) in [6, 6.07) is 8.36. The van der Waals surface area contributed by atoms with Crippen molar-refractivity contribution in [2.45, 2.75) is 6.42 Å². The van der Waals surface area contributed by atoms with Crippen LogP contribution in [0.4, 0.5) is 0 Å². The van der Waals surface area contributed by atoms with E-state index in [-0.39, 0.29) is 0 Å². The molecule has 0 saturated heterocycles. The van der Waals surface area contributed by atoms with Crippen molar-refractivity contribution in [1.29, 1.82) is 5.26 Å². The second-order valence-corrected chi connectivity index (χ2v) is 3.76. The highest BCUT2D eigenvalue weighted by Crippen LogP contribution is 2.13. The fraction of sp³-hybridized carbons (Fsp3) is 0.333. The van der Waals surface area contributed by atoms with E-state index in [9.17, 15) is 0 Å². The van der Waals surface area contributed by atoms with Gasteiger partial charge >= 0.3 is 0 Å². The van der Waals surface area contributed by atoms with E-state index >= 15 is 0 Å². The van der Waals surface area contributed by atoms with Crippen molar-refractivity contribution in [3.05, 3.63) is 30.1 Å². The summed E-state index contributed by atoms with van der Waals surface area (Å²) in [5, 5.41) is 11.4. The minimum atomic E-state index is 0.409. The molecule has 1 N–H and O–H groups in total. The first kappa shape index (κ1) is 10.7. The monoisotopic (exact) mass is 214 g/mol. The molecule has 0 fully saturated rings. The van der Waals surface area contributed by atoms with Crippen LogP contribution in [0.3, 0.4) is 0 Å². The smallest absolute Gasteiger partial charge is 0.0955 e. The molecule has 1 aromatic carbocycles. The van der Waals surface area contributed by atoms with E-state index in [1.54, 1.807) is 0 Å². The van der Waals surface area contributed by atoms with Crippen LogP contribution in [-0.4, -0.2) is 22.6 Å². The van der Waals surface area contributed by atoms with Gasteiger partial charge in [0.25, 0.3) is 0 Å². The van der Waals surface area contributed by atoms with Crippen molar-refractivity contribution in [3.8, 4) is 6.07 Å². The molecule has 2 rings (SSSR count). The molecule has 0 atom stereocenters. The number of hydrogen-bond donors (Lipinski definition) is 1. The van der Waals surface area contributed by atoms with Crippen molar-refractivity contribution in [3.63, 3.8) is 0 Å². The lowest BCUT2D eigenvalue weighted by atomic mass is 10.1. The summed E-state index contributed by atoms with van der Waals surface area (Å²) in [6.45, 7) is 1.23. The number of benzene rings is 1. The van der Waals surface area contributed by atoms with Crippen molar-refractivity contribution < 1.29 is 0 Å². The number of rotatable bonds is 4. The lowest BCUT2D eigenvalue weighted by Crippen LogP contribution is -2.17. The third kappa shape index (κ3) is 2.20. The van der Waals surface area contributed by atoms with Crippen LogP contribution in [0.5, 0.6) is 0 Å². The third-order valence-corrected chi connectivity index (χ3v) is 2.58. The molecule has 4 heteroatoms. The van der Waals surface area contributed by atoms with Crippen molar-refractivity contribution in [2.24, 2.45) is 7.05 Å². The largest absolute Gasteiger partial charge is 0.334 e. The Morgan fingerprint density at radius 3 is 3.19 bits per heavy atom. The van der Waals surface area contributed by atoms with Gasteiger partial charge in [-0.15, -0.1) is 0 Å². The van der Waals surface area contributed by atoms with Crippen LogP contribution in [0.15, 0.2) is 24.5 Å². The van der Waals surface area contributed by atoms with E-state index in [1.807, 2.05) is 17.9 Å². The zero-order valence-corrected chi connectivity index (χ0v) is 9.27. The van der Waals surface area contributed by atoms with E-state index in [0.717, 1.165) is 24.0 Å². The second kappa shape index (κ2) is 4.77. The van der Waals surface area contributed by atoms with E-state index in [1.165, 1.54) is 5.56 Å². The maximum absolute atomic E-state index is 8.38. The van der Waals surface area contributed by atoms with Gasteiger partial charge in [-0.2, -0.15) is 5.26 Å². The average Bonchev–Trinajstić information content (AvgIpc) is 2.66. The molecule has 0 amide bonds. The number of imidazole rings is 1. The molecule has 82 valence electrons. The third-order valence-electron chi connectivity index (χ3n) is 2.58. The van der Waals surface area contributed by atoms with Gasteiger partial charge in [0.15, 0.2) is 0 Å². The van der Waals surface area contributed by atoms with Gasteiger partial charge in [-0.25, -0.2) is 4.98 Å². The molecule has 0 saturated carbocycles. The van der Waals surface area contributed by atoms with Crippen LogP contribution in [0.25, 0.3) is 11.0 Å². The molecule has 0 spiro atoms. The predicted octanol–water partition coefficient (Wildman–Crippen LogP) is 1.23. The quantitative estimate of drug-likeness (QED) is 0.615. The van der Waals surface area contributed by atoms with Gasteiger partial charge in [-0.1, -0.05) is 6.07 Å².